The van der Waals surface area contributed by atoms with Gasteiger partial charge < -0.3 is 29.4 Å². The summed E-state index contributed by atoms with van der Waals surface area (Å²) in [5.41, 5.74) is 1.72. The number of para-hydroxylation sites is 2. The van der Waals surface area contributed by atoms with Gasteiger partial charge in [0.05, 0.1) is 0 Å². The Morgan fingerprint density at radius 2 is 1.33 bits per heavy atom. The zero-order chi connectivity index (χ0) is 26.7. The SMILES string of the molecule is CC(Oc1cccc2c1OC(C)(C)C2)C(=O)O.CCNC(=O)C(C)Oc1cccc2c1OC(C)(C)C2. The standard InChI is InChI=1S/C15H21NO3.C13H16O4/c1-5-16-14(17)10(2)18-12-8-6-7-11-9-15(3,4)19-13(11)12;1-8(12(14)15)16-10-6-4-5-9-7-13(2,3)17-11(9)10/h6-8,10H,5,9H2,1-4H3,(H,16,17);4-6,8H,7H2,1-3H3,(H,14,15). The molecule has 2 unspecified atom stereocenters. The van der Waals surface area contributed by atoms with E-state index in [4.69, 9.17) is 24.1 Å². The van der Waals surface area contributed by atoms with E-state index in [2.05, 4.69) is 5.32 Å². The molecule has 0 spiro atoms. The number of carbonyl (C=O) groups excluding carboxylic acids is 1. The summed E-state index contributed by atoms with van der Waals surface area (Å²) in [6.45, 7) is 13.8. The molecule has 0 aromatic heterocycles. The molecule has 2 aromatic carbocycles. The molecule has 2 aliphatic heterocycles. The maximum Gasteiger partial charge on any atom is 0.344 e. The Hall–Kier alpha value is -3.42. The number of carboxylic acids is 1. The Balaban J connectivity index is 0.000000202. The Kier molecular flexibility index (Phi) is 8.06. The van der Waals surface area contributed by atoms with Crippen molar-refractivity contribution in [2.45, 2.75) is 84.7 Å². The summed E-state index contributed by atoms with van der Waals surface area (Å²) in [4.78, 5) is 22.5. The van der Waals surface area contributed by atoms with Gasteiger partial charge in [-0.3, -0.25) is 4.79 Å². The van der Waals surface area contributed by atoms with E-state index in [9.17, 15) is 9.59 Å². The summed E-state index contributed by atoms with van der Waals surface area (Å²) in [6.07, 6.45) is 0.253. The number of benzene rings is 2. The van der Waals surface area contributed by atoms with E-state index < -0.39 is 18.2 Å². The van der Waals surface area contributed by atoms with Crippen LogP contribution in [0.4, 0.5) is 0 Å². The van der Waals surface area contributed by atoms with E-state index in [0.717, 1.165) is 29.7 Å². The fourth-order valence-corrected chi connectivity index (χ4v) is 4.16. The molecular weight excluding hydrogens is 462 g/mol. The third-order valence-electron chi connectivity index (χ3n) is 5.79. The van der Waals surface area contributed by atoms with Crippen LogP contribution in [0.5, 0.6) is 23.0 Å². The number of fused-ring (bicyclic) bond motifs is 2. The molecule has 8 nitrogen and oxygen atoms in total. The van der Waals surface area contributed by atoms with Crippen LogP contribution in [0, 0.1) is 0 Å². The molecule has 36 heavy (non-hydrogen) atoms. The average molecular weight is 500 g/mol. The van der Waals surface area contributed by atoms with Gasteiger partial charge in [0.15, 0.2) is 35.2 Å². The Morgan fingerprint density at radius 3 is 1.75 bits per heavy atom. The molecule has 0 saturated carbocycles. The monoisotopic (exact) mass is 499 g/mol. The normalized spacial score (nSPS) is 17.6. The van der Waals surface area contributed by atoms with Crippen molar-refractivity contribution in [3.63, 3.8) is 0 Å². The summed E-state index contributed by atoms with van der Waals surface area (Å²) < 4.78 is 22.8. The Labute approximate surface area is 212 Å². The lowest BCUT2D eigenvalue weighted by Crippen LogP contribution is -2.36. The lowest BCUT2D eigenvalue weighted by molar-refractivity contribution is -0.144. The van der Waals surface area contributed by atoms with Crippen LogP contribution < -0.4 is 24.3 Å². The molecule has 2 N–H and O–H groups in total. The summed E-state index contributed by atoms with van der Waals surface area (Å²) in [6, 6.07) is 11.4. The minimum absolute atomic E-state index is 0.114. The van der Waals surface area contributed by atoms with E-state index in [1.165, 1.54) is 6.92 Å². The highest BCUT2D eigenvalue weighted by atomic mass is 16.6. The molecule has 2 heterocycles. The van der Waals surface area contributed by atoms with Crippen LogP contribution >= 0.6 is 0 Å². The van der Waals surface area contributed by atoms with Crippen molar-refractivity contribution in [2.75, 3.05) is 6.54 Å². The molecule has 0 bridgehead atoms. The van der Waals surface area contributed by atoms with Crippen LogP contribution in [0.3, 0.4) is 0 Å². The number of amides is 1. The van der Waals surface area contributed by atoms with Crippen molar-refractivity contribution in [1.82, 2.24) is 5.32 Å². The van der Waals surface area contributed by atoms with Crippen molar-refractivity contribution in [3.05, 3.63) is 47.5 Å². The van der Waals surface area contributed by atoms with Gasteiger partial charge in [-0.05, 0) is 60.6 Å². The number of hydrogen-bond donors (Lipinski definition) is 2. The zero-order valence-corrected chi connectivity index (χ0v) is 22.1. The third-order valence-corrected chi connectivity index (χ3v) is 5.79. The molecular formula is C28H37NO7. The lowest BCUT2D eigenvalue weighted by atomic mass is 10.0. The molecule has 0 aliphatic carbocycles. The predicted octanol–water partition coefficient (Wildman–Crippen LogP) is 4.56. The maximum absolute atomic E-state index is 11.7. The zero-order valence-electron chi connectivity index (χ0n) is 22.1. The Morgan fingerprint density at radius 1 is 0.889 bits per heavy atom. The summed E-state index contributed by atoms with van der Waals surface area (Å²) in [5, 5.41) is 11.6. The quantitative estimate of drug-likeness (QED) is 0.576. The second-order valence-electron chi connectivity index (χ2n) is 10.3. The molecule has 2 atom stereocenters. The van der Waals surface area contributed by atoms with Crippen molar-refractivity contribution < 1.29 is 33.6 Å². The second kappa shape index (κ2) is 10.7. The van der Waals surface area contributed by atoms with Gasteiger partial charge in [-0.2, -0.15) is 0 Å². The fourth-order valence-electron chi connectivity index (χ4n) is 4.16. The minimum atomic E-state index is -0.986. The highest BCUT2D eigenvalue weighted by molar-refractivity contribution is 5.80. The molecule has 2 aromatic rings. The highest BCUT2D eigenvalue weighted by Crippen LogP contribution is 2.43. The van der Waals surface area contributed by atoms with Gasteiger partial charge >= 0.3 is 5.97 Å². The van der Waals surface area contributed by atoms with Crippen LogP contribution in [0.1, 0.15) is 59.6 Å². The number of carboxylic acid groups (broad SMARTS) is 1. The van der Waals surface area contributed by atoms with E-state index in [1.807, 2.05) is 65.0 Å². The topological polar surface area (TPSA) is 103 Å². The summed E-state index contributed by atoms with van der Waals surface area (Å²) >= 11 is 0. The van der Waals surface area contributed by atoms with Crippen LogP contribution in [-0.2, 0) is 22.4 Å². The molecule has 196 valence electrons. The van der Waals surface area contributed by atoms with E-state index in [0.29, 0.717) is 23.8 Å². The molecule has 4 rings (SSSR count). The van der Waals surface area contributed by atoms with E-state index in [1.54, 1.807) is 13.0 Å². The van der Waals surface area contributed by atoms with Gasteiger partial charge in [-0.15, -0.1) is 0 Å². The predicted molar refractivity (Wildman–Crippen MR) is 136 cm³/mol. The van der Waals surface area contributed by atoms with Gasteiger partial charge in [0.25, 0.3) is 5.91 Å². The first-order valence-corrected chi connectivity index (χ1v) is 12.3. The third kappa shape index (κ3) is 6.62. The first-order valence-electron chi connectivity index (χ1n) is 12.3. The van der Waals surface area contributed by atoms with Crippen molar-refractivity contribution in [2.24, 2.45) is 0 Å². The first-order chi connectivity index (χ1) is 16.8. The number of nitrogens with one attached hydrogen (secondary N) is 1. The molecule has 2 aliphatic rings. The van der Waals surface area contributed by atoms with Crippen molar-refractivity contribution in [1.29, 1.82) is 0 Å². The number of hydrogen-bond acceptors (Lipinski definition) is 6. The van der Waals surface area contributed by atoms with Gasteiger partial charge in [0.1, 0.15) is 11.2 Å². The van der Waals surface area contributed by atoms with E-state index >= 15 is 0 Å². The van der Waals surface area contributed by atoms with Crippen molar-refractivity contribution >= 4 is 11.9 Å². The molecule has 8 heteroatoms. The van der Waals surface area contributed by atoms with Crippen molar-refractivity contribution in [3.8, 4) is 23.0 Å². The number of likely N-dealkylation sites (N-methyl/N-ethyl adjacent to an activating group) is 1. The summed E-state index contributed by atoms with van der Waals surface area (Å²) in [5.74, 6) is 1.48. The van der Waals surface area contributed by atoms with Gasteiger partial charge in [0.2, 0.25) is 0 Å². The molecule has 1 amide bonds. The summed E-state index contributed by atoms with van der Waals surface area (Å²) in [7, 11) is 0. The van der Waals surface area contributed by atoms with Gasteiger partial charge in [0, 0.05) is 30.5 Å². The lowest BCUT2D eigenvalue weighted by Gasteiger charge is -2.19. The number of carbonyl (C=O) groups is 2. The van der Waals surface area contributed by atoms with Crippen LogP contribution in [0.2, 0.25) is 0 Å². The number of ether oxygens (including phenoxy) is 4. The Bertz CT molecular complexity index is 1110. The van der Waals surface area contributed by atoms with Crippen LogP contribution in [0.25, 0.3) is 0 Å². The minimum Gasteiger partial charge on any atom is -0.483 e. The maximum atomic E-state index is 11.7. The average Bonchev–Trinajstić information content (AvgIpc) is 3.28. The van der Waals surface area contributed by atoms with Gasteiger partial charge in [-0.1, -0.05) is 24.3 Å². The highest BCUT2D eigenvalue weighted by Gasteiger charge is 2.34. The first kappa shape index (κ1) is 27.2. The smallest absolute Gasteiger partial charge is 0.344 e. The number of aliphatic carboxylic acids is 1. The number of rotatable bonds is 7. The largest absolute Gasteiger partial charge is 0.483 e. The molecule has 0 saturated heterocycles. The second-order valence-corrected chi connectivity index (χ2v) is 10.3. The van der Waals surface area contributed by atoms with E-state index in [-0.39, 0.29) is 17.1 Å². The molecule has 0 radical (unpaired) electrons. The van der Waals surface area contributed by atoms with Gasteiger partial charge in [-0.25, -0.2) is 4.79 Å². The fraction of sp³-hybridized carbons (Fsp3) is 0.500. The van der Waals surface area contributed by atoms with Crippen LogP contribution in [0.15, 0.2) is 36.4 Å². The molecule has 0 fully saturated rings. The van der Waals surface area contributed by atoms with Crippen LogP contribution in [-0.4, -0.2) is 46.9 Å².